The van der Waals surface area contributed by atoms with E-state index in [1.807, 2.05) is 53.4 Å². The van der Waals surface area contributed by atoms with Gasteiger partial charge in [-0.3, -0.25) is 14.4 Å². The number of rotatable bonds is 15. The highest BCUT2D eigenvalue weighted by atomic mass is 35.5. The van der Waals surface area contributed by atoms with Gasteiger partial charge in [-0.05, 0) is 42.9 Å². The number of unbranched alkanes of at least 4 members (excludes halogenated alkanes) is 3. The quantitative estimate of drug-likeness (QED) is 0.190. The van der Waals surface area contributed by atoms with Crippen LogP contribution in [0.3, 0.4) is 0 Å². The topological polar surface area (TPSA) is 81.2 Å². The fourth-order valence-corrected chi connectivity index (χ4v) is 10.4. The number of aliphatic hydroxyl groups excluding tert-OH is 1. The first-order chi connectivity index (χ1) is 21.8. The van der Waals surface area contributed by atoms with Crippen LogP contribution in [0.5, 0.6) is 0 Å². The van der Waals surface area contributed by atoms with Gasteiger partial charge in [-0.1, -0.05) is 86.0 Å². The lowest BCUT2D eigenvalue weighted by Gasteiger charge is -2.41. The molecule has 6 atom stereocenters. The van der Waals surface area contributed by atoms with E-state index in [0.717, 1.165) is 24.8 Å². The summed E-state index contributed by atoms with van der Waals surface area (Å²) in [5, 5.41) is 9.66. The summed E-state index contributed by atoms with van der Waals surface area (Å²) in [7, 11) is 0. The van der Waals surface area contributed by atoms with E-state index in [4.69, 9.17) is 11.6 Å². The van der Waals surface area contributed by atoms with E-state index in [2.05, 4.69) is 20.1 Å². The van der Waals surface area contributed by atoms with E-state index in [1.54, 1.807) is 39.8 Å². The Bertz CT molecular complexity index is 1410. The maximum absolute atomic E-state index is 14.9. The lowest BCUT2D eigenvalue weighted by atomic mass is 9.65. The molecule has 5 rings (SSSR count). The average Bonchev–Trinajstić information content (AvgIpc) is 3.63. The lowest BCUT2D eigenvalue weighted by molar-refractivity contribution is -0.144. The monoisotopic (exact) mass is 649 g/mol. The van der Waals surface area contributed by atoms with Crippen molar-refractivity contribution in [3.63, 3.8) is 0 Å². The van der Waals surface area contributed by atoms with Gasteiger partial charge >= 0.3 is 0 Å². The molecule has 2 bridgehead atoms. The molecule has 3 saturated heterocycles. The Balaban J connectivity index is 1.53. The molecule has 1 N–H and O–H groups in total. The Labute approximate surface area is 276 Å². The standard InChI is InChI=1S/C36H44ClN3O4S/c1-4-19-38(24-26-15-9-8-10-16-26)33(42)30-29-23-25(3)36(45-29)31(30)34(43)40(21-13-6-7-14-22-41)32(36)35(44)39(20-5-2)28-18-12-11-17-27(28)37/h4-5,8-12,15-18,25,29-32,41H,1-2,6-7,13-14,19-24H2,3H3/t25?,29-,30+,31+,32?,36?/m1/s1. The number of fused-ring (bicyclic) bond motifs is 1. The first-order valence-corrected chi connectivity index (χ1v) is 17.2. The molecule has 2 aromatic rings. The zero-order valence-corrected chi connectivity index (χ0v) is 27.6. The summed E-state index contributed by atoms with van der Waals surface area (Å²) >= 11 is 8.31. The summed E-state index contributed by atoms with van der Waals surface area (Å²) in [4.78, 5) is 49.2. The molecule has 1 spiro atoms. The maximum atomic E-state index is 14.9. The summed E-state index contributed by atoms with van der Waals surface area (Å²) in [5.74, 6) is -1.41. The molecule has 240 valence electrons. The zero-order chi connectivity index (χ0) is 32.1. The maximum Gasteiger partial charge on any atom is 0.251 e. The molecule has 3 aliphatic heterocycles. The van der Waals surface area contributed by atoms with Gasteiger partial charge in [0.1, 0.15) is 6.04 Å². The van der Waals surface area contributed by atoms with Crippen LogP contribution in [0.25, 0.3) is 0 Å². The van der Waals surface area contributed by atoms with Gasteiger partial charge in [0.2, 0.25) is 11.8 Å². The van der Waals surface area contributed by atoms with Crippen LogP contribution in [0.1, 0.15) is 44.6 Å². The van der Waals surface area contributed by atoms with Gasteiger partial charge in [-0.15, -0.1) is 24.9 Å². The Kier molecular flexibility index (Phi) is 10.8. The van der Waals surface area contributed by atoms with Gasteiger partial charge < -0.3 is 19.8 Å². The molecule has 3 unspecified atom stereocenters. The summed E-state index contributed by atoms with van der Waals surface area (Å²) < 4.78 is -0.739. The second kappa shape index (κ2) is 14.6. The number of halogens is 1. The Morgan fingerprint density at radius 1 is 1.02 bits per heavy atom. The third-order valence-electron chi connectivity index (χ3n) is 9.67. The number of carbonyl (C=O) groups is 3. The number of carbonyl (C=O) groups excluding carboxylic acids is 3. The smallest absolute Gasteiger partial charge is 0.251 e. The predicted octanol–water partition coefficient (Wildman–Crippen LogP) is 5.96. The third kappa shape index (κ3) is 6.21. The van der Waals surface area contributed by atoms with Crippen molar-refractivity contribution in [3.8, 4) is 0 Å². The van der Waals surface area contributed by atoms with Gasteiger partial charge in [0.05, 0.1) is 27.3 Å². The van der Waals surface area contributed by atoms with Crippen LogP contribution in [-0.2, 0) is 20.9 Å². The second-order valence-electron chi connectivity index (χ2n) is 12.4. The molecule has 0 radical (unpaired) electrons. The van der Waals surface area contributed by atoms with Crippen LogP contribution in [0.15, 0.2) is 79.9 Å². The Morgan fingerprint density at radius 2 is 1.71 bits per heavy atom. The fourth-order valence-electron chi connectivity index (χ4n) is 7.73. The Morgan fingerprint density at radius 3 is 2.40 bits per heavy atom. The van der Waals surface area contributed by atoms with Crippen molar-refractivity contribution < 1.29 is 19.5 Å². The van der Waals surface area contributed by atoms with Crippen LogP contribution in [0.2, 0.25) is 5.02 Å². The van der Waals surface area contributed by atoms with Crippen molar-refractivity contribution in [1.82, 2.24) is 9.80 Å². The highest BCUT2D eigenvalue weighted by Gasteiger charge is 2.76. The van der Waals surface area contributed by atoms with Crippen molar-refractivity contribution >= 4 is 46.8 Å². The van der Waals surface area contributed by atoms with Crippen LogP contribution in [0.4, 0.5) is 5.69 Å². The molecule has 3 heterocycles. The van der Waals surface area contributed by atoms with Crippen LogP contribution >= 0.6 is 23.4 Å². The number of amides is 3. The van der Waals surface area contributed by atoms with Crippen molar-refractivity contribution in [3.05, 3.63) is 90.5 Å². The molecule has 3 aliphatic rings. The Hall–Kier alpha value is -3.07. The van der Waals surface area contributed by atoms with E-state index in [9.17, 15) is 19.5 Å². The number of hydrogen-bond donors (Lipinski definition) is 1. The van der Waals surface area contributed by atoms with E-state index < -0.39 is 22.6 Å². The van der Waals surface area contributed by atoms with Gasteiger partial charge in [0.25, 0.3) is 5.91 Å². The van der Waals surface area contributed by atoms with E-state index in [0.29, 0.717) is 43.2 Å². The van der Waals surface area contributed by atoms with Crippen LogP contribution in [0, 0.1) is 17.8 Å². The molecule has 2 aromatic carbocycles. The number of likely N-dealkylation sites (tertiary alicyclic amines) is 1. The van der Waals surface area contributed by atoms with Crippen molar-refractivity contribution in [1.29, 1.82) is 0 Å². The summed E-state index contributed by atoms with van der Waals surface area (Å²) in [6, 6.07) is 16.4. The first-order valence-electron chi connectivity index (χ1n) is 16.0. The number of aliphatic hydroxyl groups is 1. The zero-order valence-electron chi connectivity index (χ0n) is 26.0. The summed E-state index contributed by atoms with van der Waals surface area (Å²) in [5.41, 5.74) is 1.60. The molecule has 3 fully saturated rings. The minimum absolute atomic E-state index is 0.0478. The number of anilines is 1. The van der Waals surface area contributed by atoms with Gasteiger partial charge in [0.15, 0.2) is 0 Å². The highest BCUT2D eigenvalue weighted by molar-refractivity contribution is 8.02. The lowest BCUT2D eigenvalue weighted by Crippen LogP contribution is -2.57. The SMILES string of the molecule is C=CCN(Cc1ccccc1)C(=O)[C@@H]1[C@H]2C(=O)N(CCCCCCO)C(C(=O)N(CC=C)c3ccccc3Cl)C23S[C@@H]1CC3C. The first kappa shape index (κ1) is 33.3. The van der Waals surface area contributed by atoms with Gasteiger partial charge in [-0.2, -0.15) is 0 Å². The number of para-hydroxylation sites is 1. The summed E-state index contributed by atoms with van der Waals surface area (Å²) in [6.45, 7) is 11.6. The number of nitrogens with zero attached hydrogens (tertiary/aromatic N) is 3. The molecule has 7 nitrogen and oxygen atoms in total. The molecule has 0 aliphatic carbocycles. The number of benzene rings is 2. The normalized spacial score (nSPS) is 26.5. The minimum Gasteiger partial charge on any atom is -0.396 e. The molecule has 0 aromatic heterocycles. The van der Waals surface area contributed by atoms with E-state index >= 15 is 0 Å². The van der Waals surface area contributed by atoms with Crippen molar-refractivity contribution in [2.75, 3.05) is 31.1 Å². The van der Waals surface area contributed by atoms with Crippen LogP contribution in [-0.4, -0.2) is 74.9 Å². The number of hydrogen-bond acceptors (Lipinski definition) is 5. The van der Waals surface area contributed by atoms with Gasteiger partial charge in [0, 0.05) is 38.0 Å². The summed E-state index contributed by atoms with van der Waals surface area (Å²) in [6.07, 6.45) is 7.27. The van der Waals surface area contributed by atoms with Crippen molar-refractivity contribution in [2.45, 2.75) is 61.6 Å². The molecule has 3 amide bonds. The number of thioether (sulfide) groups is 1. The van der Waals surface area contributed by atoms with Crippen LogP contribution < -0.4 is 4.90 Å². The molecular weight excluding hydrogens is 606 g/mol. The fraction of sp³-hybridized carbons (Fsp3) is 0.472. The molecule has 9 heteroatoms. The largest absolute Gasteiger partial charge is 0.396 e. The molecule has 0 saturated carbocycles. The van der Waals surface area contributed by atoms with E-state index in [-0.39, 0.29) is 42.0 Å². The minimum atomic E-state index is -0.742. The van der Waals surface area contributed by atoms with Crippen molar-refractivity contribution in [2.24, 2.45) is 17.8 Å². The molecule has 45 heavy (non-hydrogen) atoms. The molecular formula is C36H44ClN3O4S. The average molecular weight is 650 g/mol. The second-order valence-corrected chi connectivity index (χ2v) is 14.4. The van der Waals surface area contributed by atoms with E-state index in [1.165, 1.54) is 0 Å². The predicted molar refractivity (Wildman–Crippen MR) is 182 cm³/mol. The van der Waals surface area contributed by atoms with Gasteiger partial charge in [-0.25, -0.2) is 0 Å². The highest BCUT2D eigenvalue weighted by Crippen LogP contribution is 2.69. The third-order valence-corrected chi connectivity index (χ3v) is 12.1.